The molecule has 0 aliphatic rings. The van der Waals surface area contributed by atoms with Gasteiger partial charge in [-0.25, -0.2) is 9.59 Å². The number of methoxy groups -OCH3 is 2. The Kier molecular flexibility index (Phi) is 4.43. The van der Waals surface area contributed by atoms with Crippen LogP contribution in [-0.2, 0) is 19.1 Å². The molecule has 0 unspecified atom stereocenters. The van der Waals surface area contributed by atoms with Crippen LogP contribution in [0.15, 0.2) is 0 Å². The van der Waals surface area contributed by atoms with Crippen LogP contribution in [0.4, 0.5) is 5.00 Å². The standard InChI is InChI=1S/C11H13NO5S/c1-5-6(2)18-9(7(5)10(14)16-3)12-8(13)11(15)17-4/h1-4H3,(H,12,13). The molecule has 18 heavy (non-hydrogen) atoms. The molecule has 1 N–H and O–H groups in total. The molecule has 0 bridgehead atoms. The van der Waals surface area contributed by atoms with Gasteiger partial charge in [0.2, 0.25) is 0 Å². The molecule has 1 aromatic heterocycles. The lowest BCUT2D eigenvalue weighted by Crippen LogP contribution is -2.24. The summed E-state index contributed by atoms with van der Waals surface area (Å²) in [4.78, 5) is 34.9. The van der Waals surface area contributed by atoms with Crippen molar-refractivity contribution in [2.75, 3.05) is 19.5 Å². The molecule has 98 valence electrons. The first-order chi connectivity index (χ1) is 8.42. The molecule has 0 aliphatic carbocycles. The van der Waals surface area contributed by atoms with Gasteiger partial charge in [0.25, 0.3) is 0 Å². The molecule has 1 aromatic rings. The summed E-state index contributed by atoms with van der Waals surface area (Å²) in [6.07, 6.45) is 0. The Bertz CT molecular complexity index is 506. The lowest BCUT2D eigenvalue weighted by Gasteiger charge is -2.04. The average Bonchev–Trinajstić information content (AvgIpc) is 2.63. The van der Waals surface area contributed by atoms with Crippen molar-refractivity contribution in [1.29, 1.82) is 0 Å². The summed E-state index contributed by atoms with van der Waals surface area (Å²) in [5, 5.41) is 2.63. The second-order valence-electron chi connectivity index (χ2n) is 3.42. The van der Waals surface area contributed by atoms with Crippen LogP contribution in [0, 0.1) is 13.8 Å². The Labute approximate surface area is 108 Å². The fourth-order valence-electron chi connectivity index (χ4n) is 1.31. The predicted octanol–water partition coefficient (Wildman–Crippen LogP) is 1.26. The van der Waals surface area contributed by atoms with Crippen molar-refractivity contribution < 1.29 is 23.9 Å². The van der Waals surface area contributed by atoms with Gasteiger partial charge in [-0.15, -0.1) is 11.3 Å². The van der Waals surface area contributed by atoms with E-state index in [0.29, 0.717) is 5.56 Å². The fourth-order valence-corrected chi connectivity index (χ4v) is 2.35. The molecule has 0 saturated carbocycles. The molecule has 0 atom stereocenters. The maximum absolute atomic E-state index is 11.6. The van der Waals surface area contributed by atoms with E-state index in [1.165, 1.54) is 18.4 Å². The Morgan fingerprint density at radius 3 is 2.22 bits per heavy atom. The topological polar surface area (TPSA) is 81.7 Å². The number of rotatable bonds is 2. The molecule has 1 rings (SSSR count). The predicted molar refractivity (Wildman–Crippen MR) is 65.8 cm³/mol. The van der Waals surface area contributed by atoms with E-state index in [9.17, 15) is 14.4 Å². The monoisotopic (exact) mass is 271 g/mol. The van der Waals surface area contributed by atoms with Crippen molar-refractivity contribution in [3.05, 3.63) is 16.0 Å². The molecular weight excluding hydrogens is 258 g/mol. The molecule has 0 radical (unpaired) electrons. The Hall–Kier alpha value is -1.89. The minimum atomic E-state index is -1.02. The fraction of sp³-hybridized carbons (Fsp3) is 0.364. The summed E-state index contributed by atoms with van der Waals surface area (Å²) in [5.74, 6) is -2.50. The van der Waals surface area contributed by atoms with E-state index in [1.807, 2.05) is 0 Å². The molecule has 0 fully saturated rings. The highest BCUT2D eigenvalue weighted by Crippen LogP contribution is 2.32. The zero-order chi connectivity index (χ0) is 13.9. The van der Waals surface area contributed by atoms with Gasteiger partial charge in [0, 0.05) is 4.88 Å². The average molecular weight is 271 g/mol. The van der Waals surface area contributed by atoms with Gasteiger partial charge in [0.05, 0.1) is 19.8 Å². The van der Waals surface area contributed by atoms with Crippen molar-refractivity contribution in [3.63, 3.8) is 0 Å². The number of esters is 2. The van der Waals surface area contributed by atoms with Crippen LogP contribution in [0.2, 0.25) is 0 Å². The number of carbonyl (C=O) groups excluding carboxylic acids is 3. The zero-order valence-corrected chi connectivity index (χ0v) is 11.3. The van der Waals surface area contributed by atoms with Crippen LogP contribution < -0.4 is 5.32 Å². The van der Waals surface area contributed by atoms with Crippen LogP contribution in [0.25, 0.3) is 0 Å². The van der Waals surface area contributed by atoms with Crippen molar-refractivity contribution in [2.45, 2.75) is 13.8 Å². The summed E-state index contributed by atoms with van der Waals surface area (Å²) >= 11 is 1.20. The molecule has 0 aliphatic heterocycles. The first-order valence-corrected chi connectivity index (χ1v) is 5.81. The smallest absolute Gasteiger partial charge is 0.396 e. The Balaban J connectivity index is 3.10. The molecular formula is C11H13NO5S. The highest BCUT2D eigenvalue weighted by Gasteiger charge is 2.23. The summed E-state index contributed by atoms with van der Waals surface area (Å²) in [7, 11) is 2.36. The number of carbonyl (C=O) groups is 3. The highest BCUT2D eigenvalue weighted by atomic mass is 32.1. The third-order valence-corrected chi connectivity index (χ3v) is 3.50. The zero-order valence-electron chi connectivity index (χ0n) is 10.4. The van der Waals surface area contributed by atoms with Crippen LogP contribution in [0.3, 0.4) is 0 Å². The normalized spacial score (nSPS) is 9.78. The van der Waals surface area contributed by atoms with Crippen LogP contribution >= 0.6 is 11.3 Å². The molecule has 0 saturated heterocycles. The van der Waals surface area contributed by atoms with Crippen molar-refractivity contribution in [1.82, 2.24) is 0 Å². The molecule has 1 amide bonds. The van der Waals surface area contributed by atoms with E-state index in [1.54, 1.807) is 13.8 Å². The van der Waals surface area contributed by atoms with Crippen molar-refractivity contribution in [2.24, 2.45) is 0 Å². The second kappa shape index (κ2) is 5.63. The van der Waals surface area contributed by atoms with E-state index < -0.39 is 17.8 Å². The van der Waals surface area contributed by atoms with Gasteiger partial charge in [0.15, 0.2) is 0 Å². The third-order valence-electron chi connectivity index (χ3n) is 2.37. The van der Waals surface area contributed by atoms with Crippen molar-refractivity contribution >= 4 is 34.2 Å². The quantitative estimate of drug-likeness (QED) is 0.647. The summed E-state index contributed by atoms with van der Waals surface area (Å²) in [5.41, 5.74) is 0.976. The maximum Gasteiger partial charge on any atom is 0.396 e. The molecule has 6 nitrogen and oxygen atoms in total. The molecule has 1 heterocycles. The van der Waals surface area contributed by atoms with Crippen molar-refractivity contribution in [3.8, 4) is 0 Å². The molecule has 7 heteroatoms. The van der Waals surface area contributed by atoms with Crippen LogP contribution in [-0.4, -0.2) is 32.1 Å². The third kappa shape index (κ3) is 2.67. The Morgan fingerprint density at radius 2 is 1.72 bits per heavy atom. The summed E-state index contributed by atoms with van der Waals surface area (Å²) < 4.78 is 8.93. The Morgan fingerprint density at radius 1 is 1.11 bits per heavy atom. The number of anilines is 1. The second-order valence-corrected chi connectivity index (χ2v) is 4.65. The highest BCUT2D eigenvalue weighted by molar-refractivity contribution is 7.17. The van der Waals surface area contributed by atoms with Gasteiger partial charge in [0.1, 0.15) is 5.00 Å². The van der Waals surface area contributed by atoms with Gasteiger partial charge >= 0.3 is 17.8 Å². The SMILES string of the molecule is COC(=O)C(=O)Nc1sc(C)c(C)c1C(=O)OC. The largest absolute Gasteiger partial charge is 0.465 e. The summed E-state index contributed by atoms with van der Waals surface area (Å²) in [6, 6.07) is 0. The number of hydrogen-bond donors (Lipinski definition) is 1. The van der Waals surface area contributed by atoms with Gasteiger partial charge in [-0.05, 0) is 19.4 Å². The summed E-state index contributed by atoms with van der Waals surface area (Å²) in [6.45, 7) is 3.55. The number of hydrogen-bond acceptors (Lipinski definition) is 6. The number of amides is 1. The van der Waals surface area contributed by atoms with E-state index in [2.05, 4.69) is 14.8 Å². The lowest BCUT2D eigenvalue weighted by molar-refractivity contribution is -0.150. The maximum atomic E-state index is 11.6. The van der Waals surface area contributed by atoms with Crippen LogP contribution in [0.1, 0.15) is 20.8 Å². The van der Waals surface area contributed by atoms with Gasteiger partial charge in [-0.3, -0.25) is 4.79 Å². The lowest BCUT2D eigenvalue weighted by atomic mass is 10.1. The molecule has 0 spiro atoms. The number of aryl methyl sites for hydroxylation is 1. The minimum absolute atomic E-state index is 0.261. The number of nitrogens with one attached hydrogen (secondary N) is 1. The number of thiophene rings is 1. The first-order valence-electron chi connectivity index (χ1n) is 5.00. The van der Waals surface area contributed by atoms with Gasteiger partial charge in [-0.2, -0.15) is 0 Å². The first kappa shape index (κ1) is 14.2. The van der Waals surface area contributed by atoms with E-state index in [0.717, 1.165) is 12.0 Å². The van der Waals surface area contributed by atoms with E-state index >= 15 is 0 Å². The van der Waals surface area contributed by atoms with E-state index in [-0.39, 0.29) is 10.6 Å². The van der Waals surface area contributed by atoms with Gasteiger partial charge < -0.3 is 14.8 Å². The minimum Gasteiger partial charge on any atom is -0.465 e. The molecule has 0 aromatic carbocycles. The number of ether oxygens (including phenoxy) is 2. The van der Waals surface area contributed by atoms with Gasteiger partial charge in [-0.1, -0.05) is 0 Å². The van der Waals surface area contributed by atoms with Crippen LogP contribution in [0.5, 0.6) is 0 Å². The van der Waals surface area contributed by atoms with E-state index in [4.69, 9.17) is 0 Å².